The Morgan fingerprint density at radius 1 is 1.50 bits per heavy atom. The maximum Gasteiger partial charge on any atom is 0.0823 e. The molecule has 2 heteroatoms. The van der Waals surface area contributed by atoms with E-state index in [1.807, 2.05) is 0 Å². The molecule has 0 bridgehead atoms. The second-order valence-electron chi connectivity index (χ2n) is 5.13. The SMILES string of the molecule is COC1CCCC=C1C(O)C(C)(C)C. The predicted octanol–water partition coefficient (Wildman–Crippen LogP) is 2.52. The molecule has 2 nitrogen and oxygen atoms in total. The highest BCUT2D eigenvalue weighted by molar-refractivity contribution is 5.18. The van der Waals surface area contributed by atoms with Gasteiger partial charge in [-0.05, 0) is 30.3 Å². The second-order valence-corrected chi connectivity index (χ2v) is 5.13. The van der Waals surface area contributed by atoms with Gasteiger partial charge in [-0.1, -0.05) is 26.8 Å². The molecule has 0 aromatic carbocycles. The lowest BCUT2D eigenvalue weighted by molar-refractivity contribution is 0.0429. The van der Waals surface area contributed by atoms with Crippen LogP contribution >= 0.6 is 0 Å². The first-order valence-electron chi connectivity index (χ1n) is 5.37. The number of hydrogen-bond acceptors (Lipinski definition) is 2. The second kappa shape index (κ2) is 4.45. The van der Waals surface area contributed by atoms with Crippen LogP contribution in [0.2, 0.25) is 0 Å². The predicted molar refractivity (Wildman–Crippen MR) is 58.2 cm³/mol. The minimum Gasteiger partial charge on any atom is -0.388 e. The van der Waals surface area contributed by atoms with E-state index in [9.17, 15) is 5.11 Å². The van der Waals surface area contributed by atoms with Crippen molar-refractivity contribution in [2.45, 2.75) is 52.2 Å². The molecule has 0 heterocycles. The lowest BCUT2D eigenvalue weighted by Crippen LogP contribution is -2.35. The van der Waals surface area contributed by atoms with Crippen molar-refractivity contribution in [3.05, 3.63) is 11.6 Å². The van der Waals surface area contributed by atoms with E-state index in [1.165, 1.54) is 6.42 Å². The van der Waals surface area contributed by atoms with E-state index in [1.54, 1.807) is 7.11 Å². The summed E-state index contributed by atoms with van der Waals surface area (Å²) in [5.41, 5.74) is 0.978. The maximum absolute atomic E-state index is 10.2. The van der Waals surface area contributed by atoms with Crippen LogP contribution in [0.5, 0.6) is 0 Å². The number of aliphatic hydroxyl groups excluding tert-OH is 1. The summed E-state index contributed by atoms with van der Waals surface area (Å²) in [5, 5.41) is 10.2. The first kappa shape index (κ1) is 11.7. The molecule has 0 radical (unpaired) electrons. The van der Waals surface area contributed by atoms with Gasteiger partial charge in [0.15, 0.2) is 0 Å². The third-order valence-corrected chi connectivity index (χ3v) is 2.84. The Morgan fingerprint density at radius 2 is 2.14 bits per heavy atom. The summed E-state index contributed by atoms with van der Waals surface area (Å²) in [6.07, 6.45) is 5.16. The summed E-state index contributed by atoms with van der Waals surface area (Å²) >= 11 is 0. The van der Waals surface area contributed by atoms with E-state index < -0.39 is 0 Å². The molecule has 0 amide bonds. The highest BCUT2D eigenvalue weighted by Crippen LogP contribution is 2.32. The summed E-state index contributed by atoms with van der Waals surface area (Å²) in [4.78, 5) is 0. The number of rotatable bonds is 2. The molecule has 0 aromatic heterocycles. The monoisotopic (exact) mass is 198 g/mol. The topological polar surface area (TPSA) is 29.5 Å². The summed E-state index contributed by atoms with van der Waals surface area (Å²) in [6.45, 7) is 6.17. The molecular weight excluding hydrogens is 176 g/mol. The van der Waals surface area contributed by atoms with Gasteiger partial charge in [0.05, 0.1) is 12.2 Å². The van der Waals surface area contributed by atoms with E-state index in [-0.39, 0.29) is 17.6 Å². The fourth-order valence-electron chi connectivity index (χ4n) is 1.91. The van der Waals surface area contributed by atoms with Crippen LogP contribution in [0.4, 0.5) is 0 Å². The molecule has 2 atom stereocenters. The maximum atomic E-state index is 10.2. The molecule has 2 unspecified atom stereocenters. The van der Waals surface area contributed by atoms with Crippen LogP contribution < -0.4 is 0 Å². The molecule has 0 aliphatic heterocycles. The zero-order valence-electron chi connectivity index (χ0n) is 9.71. The van der Waals surface area contributed by atoms with Crippen LogP contribution in [0.25, 0.3) is 0 Å². The number of aliphatic hydroxyl groups is 1. The largest absolute Gasteiger partial charge is 0.388 e. The van der Waals surface area contributed by atoms with Crippen molar-refractivity contribution >= 4 is 0 Å². The molecule has 1 N–H and O–H groups in total. The Balaban J connectivity index is 2.78. The van der Waals surface area contributed by atoms with Crippen molar-refractivity contribution in [3.8, 4) is 0 Å². The van der Waals surface area contributed by atoms with Crippen molar-refractivity contribution in [2.24, 2.45) is 5.41 Å². The van der Waals surface area contributed by atoms with Crippen molar-refractivity contribution in [2.75, 3.05) is 7.11 Å². The molecule has 1 aliphatic rings. The van der Waals surface area contributed by atoms with E-state index >= 15 is 0 Å². The summed E-state index contributed by atoms with van der Waals surface area (Å²) in [7, 11) is 1.72. The van der Waals surface area contributed by atoms with Gasteiger partial charge in [-0.15, -0.1) is 0 Å². The Labute approximate surface area is 87.0 Å². The van der Waals surface area contributed by atoms with Crippen LogP contribution in [0, 0.1) is 5.41 Å². The Bertz CT molecular complexity index is 213. The fraction of sp³-hybridized carbons (Fsp3) is 0.833. The Kier molecular flexibility index (Phi) is 3.73. The van der Waals surface area contributed by atoms with E-state index in [2.05, 4.69) is 26.8 Å². The van der Waals surface area contributed by atoms with Crippen LogP contribution in [0.3, 0.4) is 0 Å². The van der Waals surface area contributed by atoms with Gasteiger partial charge in [0.1, 0.15) is 0 Å². The number of methoxy groups -OCH3 is 1. The quantitative estimate of drug-likeness (QED) is 0.691. The Hall–Kier alpha value is -0.340. The summed E-state index contributed by atoms with van der Waals surface area (Å²) in [5.74, 6) is 0. The molecular formula is C12H22O2. The van der Waals surface area contributed by atoms with E-state index in [4.69, 9.17) is 4.74 Å². The van der Waals surface area contributed by atoms with Crippen molar-refractivity contribution < 1.29 is 9.84 Å². The van der Waals surface area contributed by atoms with Crippen LogP contribution in [-0.2, 0) is 4.74 Å². The molecule has 14 heavy (non-hydrogen) atoms. The lowest BCUT2D eigenvalue weighted by atomic mass is 9.79. The van der Waals surface area contributed by atoms with Crippen molar-refractivity contribution in [1.29, 1.82) is 0 Å². The normalized spacial score (nSPS) is 25.8. The van der Waals surface area contributed by atoms with Gasteiger partial charge < -0.3 is 9.84 Å². The van der Waals surface area contributed by atoms with Gasteiger partial charge in [0.2, 0.25) is 0 Å². The van der Waals surface area contributed by atoms with Gasteiger partial charge in [-0.2, -0.15) is 0 Å². The molecule has 1 rings (SSSR count). The minimum absolute atomic E-state index is 0.0973. The number of ether oxygens (including phenoxy) is 1. The zero-order chi connectivity index (χ0) is 10.8. The van der Waals surface area contributed by atoms with E-state index in [0.29, 0.717) is 0 Å². The Morgan fingerprint density at radius 3 is 2.64 bits per heavy atom. The van der Waals surface area contributed by atoms with E-state index in [0.717, 1.165) is 18.4 Å². The third kappa shape index (κ3) is 2.58. The highest BCUT2D eigenvalue weighted by atomic mass is 16.5. The first-order chi connectivity index (χ1) is 6.46. The van der Waals surface area contributed by atoms with Crippen LogP contribution in [0.1, 0.15) is 40.0 Å². The average Bonchev–Trinajstić information content (AvgIpc) is 2.15. The van der Waals surface area contributed by atoms with Gasteiger partial charge in [-0.25, -0.2) is 0 Å². The molecule has 0 spiro atoms. The lowest BCUT2D eigenvalue weighted by Gasteiger charge is -2.34. The third-order valence-electron chi connectivity index (χ3n) is 2.84. The average molecular weight is 198 g/mol. The molecule has 1 aliphatic carbocycles. The van der Waals surface area contributed by atoms with Crippen LogP contribution in [0.15, 0.2) is 11.6 Å². The molecule has 0 aromatic rings. The van der Waals surface area contributed by atoms with Gasteiger partial charge in [0, 0.05) is 7.11 Å². The molecule has 0 saturated heterocycles. The number of hydrogen-bond donors (Lipinski definition) is 1. The minimum atomic E-state index is -0.382. The molecule has 0 fully saturated rings. The molecule has 0 saturated carbocycles. The smallest absolute Gasteiger partial charge is 0.0823 e. The standard InChI is InChI=1S/C12H22O2/c1-12(2,3)11(13)9-7-5-6-8-10(9)14-4/h7,10-11,13H,5-6,8H2,1-4H3. The molecule has 82 valence electrons. The number of allylic oxidation sites excluding steroid dienone is 1. The summed E-state index contributed by atoms with van der Waals surface area (Å²) in [6, 6.07) is 0. The highest BCUT2D eigenvalue weighted by Gasteiger charge is 2.31. The fourth-order valence-corrected chi connectivity index (χ4v) is 1.91. The first-order valence-corrected chi connectivity index (χ1v) is 5.37. The van der Waals surface area contributed by atoms with Crippen molar-refractivity contribution in [1.82, 2.24) is 0 Å². The van der Waals surface area contributed by atoms with Gasteiger partial charge in [0.25, 0.3) is 0 Å². The van der Waals surface area contributed by atoms with Crippen LogP contribution in [-0.4, -0.2) is 24.4 Å². The van der Waals surface area contributed by atoms with Gasteiger partial charge in [-0.3, -0.25) is 0 Å². The zero-order valence-corrected chi connectivity index (χ0v) is 9.71. The summed E-state index contributed by atoms with van der Waals surface area (Å²) < 4.78 is 5.39. The van der Waals surface area contributed by atoms with Gasteiger partial charge >= 0.3 is 0 Å². The van der Waals surface area contributed by atoms with Crippen molar-refractivity contribution in [3.63, 3.8) is 0 Å².